The molecule has 0 atom stereocenters. The molecule has 23 heavy (non-hydrogen) atoms. The lowest BCUT2D eigenvalue weighted by Crippen LogP contribution is -1.98. The summed E-state index contributed by atoms with van der Waals surface area (Å²) in [6.07, 6.45) is 1.52. The summed E-state index contributed by atoms with van der Waals surface area (Å²) < 4.78 is 30.3. The maximum absolute atomic E-state index is 14.6. The van der Waals surface area contributed by atoms with Gasteiger partial charge in [0.2, 0.25) is 0 Å². The highest BCUT2D eigenvalue weighted by atomic mass is 35.5. The number of aryl methyl sites for hydroxylation is 1. The molecule has 0 N–H and O–H groups in total. The summed E-state index contributed by atoms with van der Waals surface area (Å²) in [6, 6.07) is 7.62. The molecule has 4 nitrogen and oxygen atoms in total. The van der Waals surface area contributed by atoms with Crippen LogP contribution in [0.25, 0.3) is 33.1 Å². The summed E-state index contributed by atoms with van der Waals surface area (Å²) in [7, 11) is 1.69. The van der Waals surface area contributed by atoms with E-state index in [0.29, 0.717) is 27.0 Å². The highest BCUT2D eigenvalue weighted by Gasteiger charge is 2.21. The normalized spacial score (nSPS) is 11.5. The topological polar surface area (TPSA) is 43.6 Å². The minimum Gasteiger partial charge on any atom is -0.249 e. The highest BCUT2D eigenvalue weighted by Crippen LogP contribution is 2.38. The molecule has 114 valence electrons. The third kappa shape index (κ3) is 1.98. The molecule has 0 fully saturated rings. The van der Waals surface area contributed by atoms with Crippen molar-refractivity contribution in [3.63, 3.8) is 0 Å². The van der Waals surface area contributed by atoms with E-state index in [2.05, 4.69) is 15.3 Å². The zero-order valence-corrected chi connectivity index (χ0v) is 12.6. The molecular formula is C16H9ClF2N4. The fraction of sp³-hybridized carbons (Fsp3) is 0.0625. The minimum absolute atomic E-state index is 0.0122. The Hall–Kier alpha value is -2.60. The Morgan fingerprint density at radius 3 is 2.65 bits per heavy atom. The van der Waals surface area contributed by atoms with Crippen molar-refractivity contribution in [2.75, 3.05) is 0 Å². The lowest BCUT2D eigenvalue weighted by molar-refractivity contribution is 0.592. The largest absolute Gasteiger partial charge is 0.249 e. The smallest absolute Gasteiger partial charge is 0.180 e. The van der Waals surface area contributed by atoms with Gasteiger partial charge in [0, 0.05) is 34.6 Å². The van der Waals surface area contributed by atoms with Crippen molar-refractivity contribution in [1.82, 2.24) is 20.0 Å². The van der Waals surface area contributed by atoms with Crippen LogP contribution in [0, 0.1) is 11.6 Å². The Balaban J connectivity index is 2.27. The van der Waals surface area contributed by atoms with E-state index in [1.165, 1.54) is 10.9 Å². The Kier molecular flexibility index (Phi) is 3.02. The van der Waals surface area contributed by atoms with Gasteiger partial charge in [0.15, 0.2) is 11.5 Å². The summed E-state index contributed by atoms with van der Waals surface area (Å²) in [5.74, 6) is -1.48. The molecule has 0 spiro atoms. The third-order valence-electron chi connectivity index (χ3n) is 3.77. The third-order valence-corrected chi connectivity index (χ3v) is 4.10. The molecule has 4 aromatic rings. The van der Waals surface area contributed by atoms with Crippen LogP contribution in [-0.2, 0) is 7.05 Å². The lowest BCUT2D eigenvalue weighted by atomic mass is 9.98. The van der Waals surface area contributed by atoms with Crippen molar-refractivity contribution in [2.45, 2.75) is 0 Å². The van der Waals surface area contributed by atoms with Gasteiger partial charge in [0.05, 0.1) is 11.6 Å². The standard InChI is InChI=1S/C16H9ClF2N4/c1-23-16-9(7-20-23)14-13(8-4-2-3-5-10(8)17)11(18)6-12(19)15(14)21-22-16/h2-7H,1H3. The molecular weight excluding hydrogens is 322 g/mol. The average Bonchev–Trinajstić information content (AvgIpc) is 2.90. The van der Waals surface area contributed by atoms with Gasteiger partial charge in [0.25, 0.3) is 0 Å². The summed E-state index contributed by atoms with van der Waals surface area (Å²) in [4.78, 5) is 0. The molecule has 0 amide bonds. The number of rotatable bonds is 1. The Bertz CT molecular complexity index is 1070. The van der Waals surface area contributed by atoms with Crippen LogP contribution in [0.4, 0.5) is 8.78 Å². The SMILES string of the molecule is Cn1ncc2c3c(-c4ccccc4Cl)c(F)cc(F)c3nnc21. The maximum Gasteiger partial charge on any atom is 0.180 e. The molecule has 0 aliphatic rings. The molecule has 7 heteroatoms. The van der Waals surface area contributed by atoms with Crippen molar-refractivity contribution in [3.8, 4) is 11.1 Å². The fourth-order valence-electron chi connectivity index (χ4n) is 2.72. The molecule has 2 heterocycles. The zero-order valence-electron chi connectivity index (χ0n) is 11.9. The number of aromatic nitrogens is 4. The van der Waals surface area contributed by atoms with E-state index in [1.54, 1.807) is 31.3 Å². The van der Waals surface area contributed by atoms with Gasteiger partial charge in [-0.05, 0) is 6.07 Å². The van der Waals surface area contributed by atoms with E-state index >= 15 is 0 Å². The minimum atomic E-state index is -0.772. The highest BCUT2D eigenvalue weighted by molar-refractivity contribution is 6.34. The summed E-state index contributed by atoms with van der Waals surface area (Å²) in [6.45, 7) is 0. The van der Waals surface area contributed by atoms with Crippen LogP contribution in [-0.4, -0.2) is 20.0 Å². The average molecular weight is 331 g/mol. The Morgan fingerprint density at radius 1 is 1.09 bits per heavy atom. The maximum atomic E-state index is 14.6. The van der Waals surface area contributed by atoms with Gasteiger partial charge in [-0.15, -0.1) is 10.2 Å². The molecule has 0 aliphatic carbocycles. The van der Waals surface area contributed by atoms with Gasteiger partial charge in [-0.1, -0.05) is 29.8 Å². The van der Waals surface area contributed by atoms with Crippen LogP contribution >= 0.6 is 11.6 Å². The van der Waals surface area contributed by atoms with Crippen molar-refractivity contribution in [1.29, 1.82) is 0 Å². The van der Waals surface area contributed by atoms with Gasteiger partial charge < -0.3 is 0 Å². The van der Waals surface area contributed by atoms with Crippen LogP contribution in [0.1, 0.15) is 0 Å². The predicted molar refractivity (Wildman–Crippen MR) is 84.2 cm³/mol. The molecule has 0 aliphatic heterocycles. The molecule has 0 unspecified atom stereocenters. The molecule has 0 radical (unpaired) electrons. The van der Waals surface area contributed by atoms with Crippen LogP contribution < -0.4 is 0 Å². The molecule has 2 aromatic heterocycles. The van der Waals surface area contributed by atoms with Gasteiger partial charge in [0.1, 0.15) is 11.3 Å². The second-order valence-electron chi connectivity index (χ2n) is 5.12. The number of nitrogens with zero attached hydrogens (tertiary/aromatic N) is 4. The van der Waals surface area contributed by atoms with E-state index in [1.807, 2.05) is 0 Å². The Morgan fingerprint density at radius 2 is 1.87 bits per heavy atom. The van der Waals surface area contributed by atoms with Crippen LogP contribution in [0.5, 0.6) is 0 Å². The van der Waals surface area contributed by atoms with Crippen LogP contribution in [0.3, 0.4) is 0 Å². The van der Waals surface area contributed by atoms with Crippen molar-refractivity contribution in [2.24, 2.45) is 7.05 Å². The van der Waals surface area contributed by atoms with Gasteiger partial charge in [-0.25, -0.2) is 13.5 Å². The first-order valence-electron chi connectivity index (χ1n) is 6.79. The molecule has 4 rings (SSSR count). The zero-order chi connectivity index (χ0) is 16.1. The first kappa shape index (κ1) is 14.0. The number of hydrogen-bond acceptors (Lipinski definition) is 3. The second-order valence-corrected chi connectivity index (χ2v) is 5.53. The molecule has 0 saturated heterocycles. The van der Waals surface area contributed by atoms with E-state index in [4.69, 9.17) is 11.6 Å². The number of halogens is 3. The van der Waals surface area contributed by atoms with E-state index in [0.717, 1.165) is 6.07 Å². The number of hydrogen-bond donors (Lipinski definition) is 0. The van der Waals surface area contributed by atoms with E-state index in [9.17, 15) is 8.78 Å². The quantitative estimate of drug-likeness (QED) is 0.527. The molecule has 2 aromatic carbocycles. The van der Waals surface area contributed by atoms with Crippen molar-refractivity contribution < 1.29 is 8.78 Å². The monoisotopic (exact) mass is 330 g/mol. The summed E-state index contributed by atoms with van der Waals surface area (Å²) in [5.41, 5.74) is 1.09. The predicted octanol–water partition coefficient (Wildman–Crippen LogP) is 4.12. The fourth-order valence-corrected chi connectivity index (χ4v) is 2.95. The van der Waals surface area contributed by atoms with Crippen molar-refractivity contribution >= 4 is 33.5 Å². The number of benzene rings is 2. The first-order chi connectivity index (χ1) is 11.1. The first-order valence-corrected chi connectivity index (χ1v) is 7.16. The second kappa shape index (κ2) is 4.96. The molecule has 0 bridgehead atoms. The lowest BCUT2D eigenvalue weighted by Gasteiger charge is -2.11. The summed E-state index contributed by atoms with van der Waals surface area (Å²) in [5, 5.41) is 13.2. The van der Waals surface area contributed by atoms with Crippen LogP contribution in [0.15, 0.2) is 36.5 Å². The van der Waals surface area contributed by atoms with Gasteiger partial charge in [-0.2, -0.15) is 5.10 Å². The van der Waals surface area contributed by atoms with Gasteiger partial charge >= 0.3 is 0 Å². The van der Waals surface area contributed by atoms with E-state index in [-0.39, 0.29) is 11.1 Å². The van der Waals surface area contributed by atoms with E-state index < -0.39 is 11.6 Å². The summed E-state index contributed by atoms with van der Waals surface area (Å²) >= 11 is 6.21. The Labute approximate surface area is 134 Å². The number of fused-ring (bicyclic) bond motifs is 3. The van der Waals surface area contributed by atoms with Crippen LogP contribution in [0.2, 0.25) is 5.02 Å². The van der Waals surface area contributed by atoms with Crippen molar-refractivity contribution in [3.05, 3.63) is 53.2 Å². The van der Waals surface area contributed by atoms with Gasteiger partial charge in [-0.3, -0.25) is 0 Å². The molecule has 0 saturated carbocycles.